The summed E-state index contributed by atoms with van der Waals surface area (Å²) in [6.45, 7) is 5.55. The second-order valence-electron chi connectivity index (χ2n) is 20.7. The predicted octanol–water partition coefficient (Wildman–Crippen LogP) is 18.4. The maximum absolute atomic E-state index is 12.8. The third kappa shape index (κ3) is 57.0. The highest BCUT2D eigenvalue weighted by molar-refractivity contribution is 7.47. The van der Waals surface area contributed by atoms with Gasteiger partial charge < -0.3 is 18.9 Å². The van der Waals surface area contributed by atoms with Crippen LogP contribution in [0.2, 0.25) is 0 Å². The fourth-order valence-corrected chi connectivity index (χ4v) is 8.91. The lowest BCUT2D eigenvalue weighted by atomic mass is 10.0. The number of carbonyl (C=O) groups excluding carboxylic acids is 1. The zero-order chi connectivity index (χ0) is 50.5. The highest BCUT2D eigenvalue weighted by Crippen LogP contribution is 2.43. The Morgan fingerprint density at radius 1 is 0.464 bits per heavy atom. The molecule has 0 fully saturated rings. The molecule has 0 aromatic carbocycles. The minimum atomic E-state index is -4.29. The summed E-state index contributed by atoms with van der Waals surface area (Å²) in [7, 11) is 1.67. The molecule has 0 spiro atoms. The van der Waals surface area contributed by atoms with Crippen LogP contribution in [0, 0.1) is 0 Å². The van der Waals surface area contributed by atoms with Crippen LogP contribution in [0.5, 0.6) is 0 Å². The standard InChI is InChI=1S/C60H112NO7P/c1-6-8-10-12-14-16-18-20-22-24-26-28-30-31-32-33-35-37-39-41-43-45-47-49-51-53-60(62)68-59(58-67-69(63,64)66-56-54-61(3,4)5)57-65-55-52-50-48-46-44-42-40-38-36-34-29-27-25-23-21-19-17-15-13-11-9-7-2/h8,10,14,16,20,22,26,28,31-32,59H,6-7,9,11-13,15,17-19,21,23-25,27,29-30,33-58H2,1-5H3/p+1/b10-8-,16-14-,22-20-,28-26-,32-31-. The molecule has 404 valence electrons. The number of hydrogen-bond acceptors (Lipinski definition) is 6. The van der Waals surface area contributed by atoms with Crippen LogP contribution >= 0.6 is 7.82 Å². The summed E-state index contributed by atoms with van der Waals surface area (Å²) < 4.78 is 35.3. The van der Waals surface area contributed by atoms with Crippen molar-refractivity contribution >= 4 is 13.8 Å². The van der Waals surface area contributed by atoms with Gasteiger partial charge in [0.15, 0.2) is 0 Å². The Bertz CT molecular complexity index is 1290. The fraction of sp³-hybridized carbons (Fsp3) is 0.817. The van der Waals surface area contributed by atoms with Crippen LogP contribution in [0.3, 0.4) is 0 Å². The Morgan fingerprint density at radius 2 is 0.841 bits per heavy atom. The zero-order valence-electron chi connectivity index (χ0n) is 46.0. The van der Waals surface area contributed by atoms with Crippen molar-refractivity contribution in [3.63, 3.8) is 0 Å². The Hall–Kier alpha value is -1.80. The summed E-state index contributed by atoms with van der Waals surface area (Å²) in [5.41, 5.74) is 0. The van der Waals surface area contributed by atoms with Gasteiger partial charge in [-0.3, -0.25) is 13.8 Å². The monoisotopic (exact) mass is 991 g/mol. The van der Waals surface area contributed by atoms with Crippen LogP contribution in [0.1, 0.15) is 258 Å². The molecule has 8 nitrogen and oxygen atoms in total. The lowest BCUT2D eigenvalue weighted by Gasteiger charge is -2.24. The number of esters is 1. The molecule has 0 saturated carbocycles. The largest absolute Gasteiger partial charge is 0.472 e. The van der Waals surface area contributed by atoms with Crippen molar-refractivity contribution < 1.29 is 37.3 Å². The van der Waals surface area contributed by atoms with Gasteiger partial charge in [-0.05, 0) is 57.8 Å². The third-order valence-corrected chi connectivity index (χ3v) is 13.6. The minimum Gasteiger partial charge on any atom is -0.457 e. The van der Waals surface area contributed by atoms with Gasteiger partial charge in [0.25, 0.3) is 0 Å². The normalized spacial score (nSPS) is 13.9. The molecule has 0 aliphatic carbocycles. The molecule has 9 heteroatoms. The fourth-order valence-electron chi connectivity index (χ4n) is 8.17. The predicted molar refractivity (Wildman–Crippen MR) is 298 cm³/mol. The smallest absolute Gasteiger partial charge is 0.457 e. The average Bonchev–Trinajstić information content (AvgIpc) is 3.31. The first kappa shape index (κ1) is 67.2. The van der Waals surface area contributed by atoms with Crippen LogP contribution < -0.4 is 0 Å². The molecule has 2 atom stereocenters. The van der Waals surface area contributed by atoms with Crippen molar-refractivity contribution in [2.75, 3.05) is 54.1 Å². The Morgan fingerprint density at radius 3 is 1.26 bits per heavy atom. The van der Waals surface area contributed by atoms with Gasteiger partial charge in [-0.1, -0.05) is 254 Å². The van der Waals surface area contributed by atoms with E-state index < -0.39 is 13.9 Å². The van der Waals surface area contributed by atoms with E-state index in [0.717, 1.165) is 70.6 Å². The summed E-state index contributed by atoms with van der Waals surface area (Å²) in [6.07, 6.45) is 68.5. The maximum Gasteiger partial charge on any atom is 0.472 e. The topological polar surface area (TPSA) is 91.3 Å². The summed E-state index contributed by atoms with van der Waals surface area (Å²) in [5.74, 6) is -0.317. The molecule has 2 unspecified atom stereocenters. The quantitative estimate of drug-likeness (QED) is 0.0213. The molecule has 0 aromatic rings. The summed E-state index contributed by atoms with van der Waals surface area (Å²) in [5, 5.41) is 0. The lowest BCUT2D eigenvalue weighted by Crippen LogP contribution is -2.37. The van der Waals surface area contributed by atoms with Gasteiger partial charge in [-0.2, -0.15) is 0 Å². The Labute approximate surface area is 428 Å². The summed E-state index contributed by atoms with van der Waals surface area (Å²) >= 11 is 0. The Kier molecular flexibility index (Phi) is 51.2. The van der Waals surface area contributed by atoms with E-state index >= 15 is 0 Å². The number of rotatable bonds is 54. The third-order valence-electron chi connectivity index (χ3n) is 12.6. The zero-order valence-corrected chi connectivity index (χ0v) is 46.9. The molecule has 69 heavy (non-hydrogen) atoms. The van der Waals surface area contributed by atoms with E-state index in [1.807, 2.05) is 21.1 Å². The average molecular weight is 992 g/mol. The number of hydrogen-bond donors (Lipinski definition) is 1. The molecule has 0 aliphatic heterocycles. The highest BCUT2D eigenvalue weighted by Gasteiger charge is 2.26. The van der Waals surface area contributed by atoms with Crippen molar-refractivity contribution in [2.24, 2.45) is 0 Å². The van der Waals surface area contributed by atoms with Crippen molar-refractivity contribution in [3.8, 4) is 0 Å². The number of nitrogens with zero attached hydrogens (tertiary/aromatic N) is 1. The number of quaternary nitrogens is 1. The summed E-state index contributed by atoms with van der Waals surface area (Å²) in [4.78, 5) is 23.1. The molecule has 0 amide bonds. The summed E-state index contributed by atoms with van der Waals surface area (Å²) in [6, 6.07) is 0. The van der Waals surface area contributed by atoms with Crippen molar-refractivity contribution in [1.82, 2.24) is 0 Å². The van der Waals surface area contributed by atoms with Crippen LogP contribution in [-0.2, 0) is 27.9 Å². The molecule has 0 aliphatic rings. The number of unbranched alkanes of at least 4 members (excludes halogenated alkanes) is 30. The number of phosphoric ester groups is 1. The molecule has 0 bridgehead atoms. The van der Waals surface area contributed by atoms with Crippen LogP contribution in [-0.4, -0.2) is 75.6 Å². The van der Waals surface area contributed by atoms with Gasteiger partial charge in [0.2, 0.25) is 0 Å². The van der Waals surface area contributed by atoms with E-state index in [-0.39, 0.29) is 25.8 Å². The van der Waals surface area contributed by atoms with E-state index in [1.165, 1.54) is 167 Å². The van der Waals surface area contributed by atoms with Crippen molar-refractivity contribution in [2.45, 2.75) is 264 Å². The van der Waals surface area contributed by atoms with Gasteiger partial charge in [0.1, 0.15) is 19.3 Å². The minimum absolute atomic E-state index is 0.0869. The maximum atomic E-state index is 12.8. The van der Waals surface area contributed by atoms with Gasteiger partial charge in [-0.25, -0.2) is 4.57 Å². The second-order valence-corrected chi connectivity index (χ2v) is 22.1. The van der Waals surface area contributed by atoms with Gasteiger partial charge in [0.05, 0.1) is 34.4 Å². The highest BCUT2D eigenvalue weighted by atomic mass is 31.2. The molecule has 0 aromatic heterocycles. The molecule has 0 heterocycles. The van der Waals surface area contributed by atoms with E-state index in [0.29, 0.717) is 24.1 Å². The molecule has 0 rings (SSSR count). The lowest BCUT2D eigenvalue weighted by molar-refractivity contribution is -0.870. The molecule has 1 N–H and O–H groups in total. The van der Waals surface area contributed by atoms with E-state index in [2.05, 4.69) is 74.6 Å². The first-order chi connectivity index (χ1) is 33.6. The number of carbonyl (C=O) groups is 1. The van der Waals surface area contributed by atoms with E-state index in [9.17, 15) is 14.3 Å². The number of likely N-dealkylation sites (N-methyl/N-ethyl adjacent to an activating group) is 1. The van der Waals surface area contributed by atoms with Crippen molar-refractivity contribution in [3.05, 3.63) is 60.8 Å². The van der Waals surface area contributed by atoms with Gasteiger partial charge in [-0.15, -0.1) is 0 Å². The van der Waals surface area contributed by atoms with Gasteiger partial charge in [0, 0.05) is 13.0 Å². The van der Waals surface area contributed by atoms with Gasteiger partial charge >= 0.3 is 13.8 Å². The van der Waals surface area contributed by atoms with Crippen LogP contribution in [0.15, 0.2) is 60.8 Å². The van der Waals surface area contributed by atoms with Crippen LogP contribution in [0.4, 0.5) is 0 Å². The molecular formula is C60H113NO7P+. The molecule has 0 radical (unpaired) electrons. The van der Waals surface area contributed by atoms with E-state index in [4.69, 9.17) is 18.5 Å². The van der Waals surface area contributed by atoms with E-state index in [1.54, 1.807) is 0 Å². The first-order valence-corrected chi connectivity index (χ1v) is 30.5. The molecule has 0 saturated heterocycles. The number of phosphoric acid groups is 1. The SMILES string of the molecule is CC/C=C\C/C=C\C/C=C\C/C=C\C/C=C\CCCCCCCCCCCC(=O)OC(COCCCCCCCCCCCCCCCCCCCCCCCC)COP(=O)(O)OCC[N+](C)(C)C. The second kappa shape index (κ2) is 52.5. The number of ether oxygens (including phenoxy) is 2. The first-order valence-electron chi connectivity index (χ1n) is 29.0. The van der Waals surface area contributed by atoms with Crippen molar-refractivity contribution in [1.29, 1.82) is 0 Å². The van der Waals surface area contributed by atoms with Crippen LogP contribution in [0.25, 0.3) is 0 Å². The Balaban J connectivity index is 4.08. The number of allylic oxidation sites excluding steroid dienone is 10. The molecular weight excluding hydrogens is 878 g/mol.